The molecule has 2 N–H and O–H groups in total. The molecule has 9 heteroatoms. The van der Waals surface area contributed by atoms with E-state index in [2.05, 4.69) is 10.0 Å². The van der Waals surface area contributed by atoms with Crippen LogP contribution < -0.4 is 19.7 Å². The van der Waals surface area contributed by atoms with Crippen LogP contribution in [0.15, 0.2) is 47.4 Å². The molecule has 2 aromatic rings. The van der Waals surface area contributed by atoms with Crippen LogP contribution in [0, 0.1) is 0 Å². The van der Waals surface area contributed by atoms with Crippen LogP contribution in [0.2, 0.25) is 0 Å². The van der Waals surface area contributed by atoms with E-state index in [-0.39, 0.29) is 24.0 Å². The first-order chi connectivity index (χ1) is 12.4. The molecule has 138 valence electrons. The van der Waals surface area contributed by atoms with Crippen molar-refractivity contribution in [3.8, 4) is 11.5 Å². The minimum Gasteiger partial charge on any atom is -0.457 e. The number of amides is 1. The number of fused-ring (bicyclic) bond motifs is 1. The second-order valence-corrected chi connectivity index (χ2v) is 7.33. The number of halogens is 1. The Morgan fingerprint density at radius 1 is 1.27 bits per heavy atom. The highest BCUT2D eigenvalue weighted by atomic mass is 32.2. The zero-order chi connectivity index (χ0) is 18.7. The molecule has 0 aromatic heterocycles. The molecule has 1 aliphatic rings. The van der Waals surface area contributed by atoms with Crippen molar-refractivity contribution in [2.24, 2.45) is 0 Å². The summed E-state index contributed by atoms with van der Waals surface area (Å²) in [5.74, 6) is 0.438. The Bertz CT molecular complexity index is 933. The quantitative estimate of drug-likeness (QED) is 0.828. The summed E-state index contributed by atoms with van der Waals surface area (Å²) in [6.45, 7) is -0.483. The van der Waals surface area contributed by atoms with Gasteiger partial charge in [-0.1, -0.05) is 6.07 Å². The van der Waals surface area contributed by atoms with Gasteiger partial charge in [0.25, 0.3) is 5.91 Å². The molecule has 0 spiro atoms. The van der Waals surface area contributed by atoms with E-state index >= 15 is 0 Å². The molecule has 3 rings (SSSR count). The third-order valence-corrected chi connectivity index (χ3v) is 5.34. The lowest BCUT2D eigenvalue weighted by atomic mass is 10.2. The summed E-state index contributed by atoms with van der Waals surface area (Å²) in [4.78, 5) is 13.3. The molecule has 1 amide bonds. The van der Waals surface area contributed by atoms with Crippen LogP contribution in [0.3, 0.4) is 0 Å². The molecule has 1 aliphatic heterocycles. The first-order valence-corrected chi connectivity index (χ1v) is 9.37. The largest absolute Gasteiger partial charge is 0.457 e. The Labute approximate surface area is 150 Å². The molecule has 0 unspecified atom stereocenters. The van der Waals surface area contributed by atoms with Crippen LogP contribution in [0.4, 0.5) is 10.1 Å². The fourth-order valence-electron chi connectivity index (χ4n) is 2.64. The fraction of sp³-hybridized carbons (Fsp3) is 0.235. The molecule has 0 aliphatic carbocycles. The van der Waals surface area contributed by atoms with Crippen LogP contribution in [-0.4, -0.2) is 41.3 Å². The van der Waals surface area contributed by atoms with E-state index in [9.17, 15) is 17.6 Å². The van der Waals surface area contributed by atoms with E-state index in [0.717, 1.165) is 0 Å². The fourth-order valence-corrected chi connectivity index (χ4v) is 3.87. The number of nitrogens with one attached hydrogen (secondary N) is 2. The van der Waals surface area contributed by atoms with Crippen LogP contribution >= 0.6 is 0 Å². The molecule has 0 radical (unpaired) electrons. The molecule has 0 saturated heterocycles. The van der Waals surface area contributed by atoms with Gasteiger partial charge in [-0.15, -0.1) is 0 Å². The lowest BCUT2D eigenvalue weighted by Gasteiger charge is -2.30. The van der Waals surface area contributed by atoms with E-state index in [1.54, 1.807) is 41.3 Å². The zero-order valence-corrected chi connectivity index (χ0v) is 14.8. The van der Waals surface area contributed by atoms with E-state index in [0.29, 0.717) is 22.7 Å². The predicted molar refractivity (Wildman–Crippen MR) is 94.9 cm³/mol. The number of hydrogen-bond acceptors (Lipinski definition) is 5. The minimum atomic E-state index is -3.69. The summed E-state index contributed by atoms with van der Waals surface area (Å²) in [6.07, 6.45) is 0. The monoisotopic (exact) mass is 379 g/mol. The first kappa shape index (κ1) is 18.2. The van der Waals surface area contributed by atoms with Gasteiger partial charge in [-0.3, -0.25) is 4.79 Å². The lowest BCUT2D eigenvalue weighted by molar-refractivity contribution is 0.0962. The van der Waals surface area contributed by atoms with Crippen LogP contribution in [0.5, 0.6) is 11.5 Å². The number of hydrogen-bond donors (Lipinski definition) is 2. The third kappa shape index (κ3) is 3.63. The molecule has 1 heterocycles. The van der Waals surface area contributed by atoms with Gasteiger partial charge in [-0.05, 0) is 30.3 Å². The Balaban J connectivity index is 1.92. The number of ether oxygens (including phenoxy) is 1. The number of benzene rings is 2. The summed E-state index contributed by atoms with van der Waals surface area (Å²) in [7, 11) is -2.16. The Morgan fingerprint density at radius 2 is 2.04 bits per heavy atom. The van der Waals surface area contributed by atoms with E-state index in [4.69, 9.17) is 4.74 Å². The van der Waals surface area contributed by atoms with Gasteiger partial charge in [0.15, 0.2) is 0 Å². The van der Waals surface area contributed by atoms with E-state index in [1.165, 1.54) is 13.1 Å². The van der Waals surface area contributed by atoms with E-state index < -0.39 is 16.7 Å². The van der Waals surface area contributed by atoms with Gasteiger partial charge in [-0.25, -0.2) is 12.8 Å². The number of carbonyl (C=O) groups is 1. The highest BCUT2D eigenvalue weighted by Crippen LogP contribution is 2.33. The zero-order valence-electron chi connectivity index (χ0n) is 14.0. The highest BCUT2D eigenvalue weighted by Gasteiger charge is 2.28. The summed E-state index contributed by atoms with van der Waals surface area (Å²) >= 11 is 0. The predicted octanol–water partition coefficient (Wildman–Crippen LogP) is 1.86. The first-order valence-electron chi connectivity index (χ1n) is 7.89. The Kier molecular flexibility index (Phi) is 5.10. The topological polar surface area (TPSA) is 87.7 Å². The summed E-state index contributed by atoms with van der Waals surface area (Å²) in [5, 5.41) is 2.52. The number of carbonyl (C=O) groups excluding carboxylic acids is 1. The van der Waals surface area contributed by atoms with Gasteiger partial charge in [0, 0.05) is 25.2 Å². The van der Waals surface area contributed by atoms with Crippen molar-refractivity contribution in [3.05, 3.63) is 48.0 Å². The SMILES string of the molecule is CNC(=O)c1cccc(Oc2ccc3c(c2)S(=O)(=O)NCN3CCF)c1. The van der Waals surface area contributed by atoms with Crippen molar-refractivity contribution >= 4 is 21.6 Å². The van der Waals surface area contributed by atoms with E-state index in [1.807, 2.05) is 0 Å². The number of anilines is 1. The van der Waals surface area contributed by atoms with Gasteiger partial charge in [-0.2, -0.15) is 4.72 Å². The van der Waals surface area contributed by atoms with Crippen LogP contribution in [-0.2, 0) is 10.0 Å². The maximum Gasteiger partial charge on any atom is 0.251 e. The Morgan fingerprint density at radius 3 is 2.77 bits per heavy atom. The normalized spacial score (nSPS) is 15.2. The lowest BCUT2D eigenvalue weighted by Crippen LogP contribution is -2.44. The number of nitrogens with zero attached hydrogens (tertiary/aromatic N) is 1. The second-order valence-electron chi connectivity index (χ2n) is 5.60. The maximum absolute atomic E-state index is 12.7. The van der Waals surface area contributed by atoms with Gasteiger partial charge < -0.3 is 15.0 Å². The van der Waals surface area contributed by atoms with Gasteiger partial charge in [0.1, 0.15) is 23.1 Å². The minimum absolute atomic E-state index is 0.0215. The van der Waals surface area contributed by atoms with Crippen molar-refractivity contribution in [1.82, 2.24) is 10.0 Å². The van der Waals surface area contributed by atoms with Crippen molar-refractivity contribution in [1.29, 1.82) is 0 Å². The number of alkyl halides is 1. The second kappa shape index (κ2) is 7.30. The Hall–Kier alpha value is -2.65. The summed E-state index contributed by atoms with van der Waals surface area (Å²) in [5.41, 5.74) is 0.847. The molecule has 2 aromatic carbocycles. The molecular formula is C17H18FN3O4S. The molecule has 7 nitrogen and oxygen atoms in total. The van der Waals surface area contributed by atoms with Gasteiger partial charge in [0.2, 0.25) is 10.0 Å². The maximum atomic E-state index is 12.7. The number of rotatable bonds is 5. The molecule has 0 atom stereocenters. The van der Waals surface area contributed by atoms with Crippen LogP contribution in [0.25, 0.3) is 0 Å². The van der Waals surface area contributed by atoms with Crippen molar-refractivity contribution < 1.29 is 22.3 Å². The van der Waals surface area contributed by atoms with Crippen molar-refractivity contribution in [2.45, 2.75) is 4.90 Å². The average molecular weight is 379 g/mol. The molecule has 0 saturated carbocycles. The van der Waals surface area contributed by atoms with Gasteiger partial charge in [0.05, 0.1) is 12.4 Å². The molecule has 0 bridgehead atoms. The molecular weight excluding hydrogens is 361 g/mol. The van der Waals surface area contributed by atoms with Crippen LogP contribution in [0.1, 0.15) is 10.4 Å². The highest BCUT2D eigenvalue weighted by molar-refractivity contribution is 7.89. The smallest absolute Gasteiger partial charge is 0.251 e. The molecule has 0 fully saturated rings. The third-order valence-electron chi connectivity index (χ3n) is 3.92. The summed E-state index contributed by atoms with van der Waals surface area (Å²) < 4.78 is 45.3. The van der Waals surface area contributed by atoms with Crippen molar-refractivity contribution in [2.75, 3.05) is 31.8 Å². The van der Waals surface area contributed by atoms with Gasteiger partial charge >= 0.3 is 0 Å². The molecule has 26 heavy (non-hydrogen) atoms. The standard InChI is InChI=1S/C17H18FN3O4S/c1-19-17(22)12-3-2-4-13(9-12)25-14-5-6-15-16(10-14)26(23,24)20-11-21(15)8-7-18/h2-6,9-10,20H,7-8,11H2,1H3,(H,19,22). The summed E-state index contributed by atoms with van der Waals surface area (Å²) in [6, 6.07) is 11.1. The van der Waals surface area contributed by atoms with Crippen molar-refractivity contribution in [3.63, 3.8) is 0 Å². The number of sulfonamides is 1. The average Bonchev–Trinajstić information content (AvgIpc) is 2.64.